The molecule has 52 valence electrons. The van der Waals surface area contributed by atoms with Crippen LogP contribution in [0, 0.1) is 19.8 Å². The summed E-state index contributed by atoms with van der Waals surface area (Å²) in [6.45, 7) is 2.11. The largest absolute Gasteiger partial charge is 2.00 e. The fraction of sp³-hybridized carbons (Fsp3) is 0.571. The number of hydrogen-bond donors (Lipinski definition) is 0. The second-order valence-corrected chi connectivity index (χ2v) is 1.28. The van der Waals surface area contributed by atoms with Crippen molar-refractivity contribution in [2.75, 3.05) is 0 Å². The molecule has 0 rings (SSSR count). The van der Waals surface area contributed by atoms with Gasteiger partial charge in [-0.2, -0.15) is 0 Å². The van der Waals surface area contributed by atoms with Crippen molar-refractivity contribution in [3.63, 3.8) is 0 Å². The van der Waals surface area contributed by atoms with Crippen LogP contribution < -0.4 is 0 Å². The summed E-state index contributed by atoms with van der Waals surface area (Å²) in [5.41, 5.74) is 0. The van der Waals surface area contributed by atoms with Gasteiger partial charge in [0.1, 0.15) is 0 Å². The zero-order valence-corrected chi connectivity index (χ0v) is 7.36. The third-order valence-electron chi connectivity index (χ3n) is 0.655. The van der Waals surface area contributed by atoms with Crippen LogP contribution in [0.15, 0.2) is 0 Å². The van der Waals surface area contributed by atoms with E-state index in [1.807, 2.05) is 0 Å². The molecule has 0 saturated heterocycles. The Bertz CT molecular complexity index is 56.4. The normalized spacial score (nSPS) is 4.89. The zero-order chi connectivity index (χ0) is 4.83. The van der Waals surface area contributed by atoms with Gasteiger partial charge >= 0.3 is 17.1 Å². The second-order valence-electron chi connectivity index (χ2n) is 1.28. The summed E-state index contributed by atoms with van der Waals surface area (Å²) in [6, 6.07) is 0. The Kier molecular flexibility index (Phi) is 58.7. The van der Waals surface area contributed by atoms with Crippen LogP contribution in [0.5, 0.6) is 0 Å². The van der Waals surface area contributed by atoms with Gasteiger partial charge in [0.05, 0.1) is 0 Å². The summed E-state index contributed by atoms with van der Waals surface area (Å²) in [7, 11) is 0. The van der Waals surface area contributed by atoms with Crippen LogP contribution in [0.4, 0.5) is 0 Å². The van der Waals surface area contributed by atoms with E-state index in [1.54, 1.807) is 0 Å². The maximum atomic E-state index is 6.46. The number of unbranched alkanes of at least 4 members (excludes halogenated alkanes) is 2. The topological polar surface area (TPSA) is 0 Å². The van der Waals surface area contributed by atoms with E-state index in [0.717, 1.165) is 12.8 Å². The van der Waals surface area contributed by atoms with Crippen LogP contribution in [-0.2, 0) is 17.1 Å². The maximum absolute atomic E-state index is 6.46. The van der Waals surface area contributed by atoms with E-state index in [9.17, 15) is 0 Å². The van der Waals surface area contributed by atoms with Gasteiger partial charge in [0.2, 0.25) is 0 Å². The first-order chi connectivity index (χ1) is 2.91. The van der Waals surface area contributed by atoms with Gasteiger partial charge in [-0.3, -0.25) is 0 Å². The van der Waals surface area contributed by atoms with Crippen LogP contribution in [-0.4, -0.2) is 18.9 Å². The molecule has 0 N–H and O–H groups in total. The predicted octanol–water partition coefficient (Wildman–Crippen LogP) is 1.83. The SMILES string of the molecule is [C-]#CCCCC.[CH3-].[Cu+2].[Li]. The summed E-state index contributed by atoms with van der Waals surface area (Å²) in [6.07, 6.45) is 9.57. The fourth-order valence-electron chi connectivity index (χ4n) is 0.265. The standard InChI is InChI=1S/C6H9.CH3.Cu.Li/c1-3-5-6-4-2;;;/h3,5-6H2,1H3;1H3;;/q2*-1;+2;. The molecule has 0 amide bonds. The van der Waals surface area contributed by atoms with E-state index in [1.165, 1.54) is 6.42 Å². The summed E-state index contributed by atoms with van der Waals surface area (Å²) in [5.74, 6) is 2.32. The Labute approximate surface area is 81.8 Å². The van der Waals surface area contributed by atoms with E-state index in [-0.39, 0.29) is 43.4 Å². The van der Waals surface area contributed by atoms with E-state index in [0.29, 0.717) is 0 Å². The summed E-state index contributed by atoms with van der Waals surface area (Å²) >= 11 is 0. The van der Waals surface area contributed by atoms with E-state index >= 15 is 0 Å². The second kappa shape index (κ2) is 23.4. The number of hydrogen-bond acceptors (Lipinski definition) is 0. The average Bonchev–Trinajstić information content (AvgIpc) is 1.61. The molecule has 0 aromatic carbocycles. The molecule has 0 bridgehead atoms. The van der Waals surface area contributed by atoms with Gasteiger partial charge in [-0.15, -0.1) is 0 Å². The van der Waals surface area contributed by atoms with Crippen LogP contribution in [0.2, 0.25) is 0 Å². The van der Waals surface area contributed by atoms with Crippen molar-refractivity contribution in [3.8, 4) is 5.92 Å². The van der Waals surface area contributed by atoms with Crippen molar-refractivity contribution in [1.29, 1.82) is 0 Å². The smallest absolute Gasteiger partial charge is 0.694 e. The quantitative estimate of drug-likeness (QED) is 0.254. The van der Waals surface area contributed by atoms with Crippen molar-refractivity contribution >= 4 is 18.9 Å². The minimum atomic E-state index is 0. The Morgan fingerprint density at radius 1 is 1.44 bits per heavy atom. The fourth-order valence-corrected chi connectivity index (χ4v) is 0.265. The van der Waals surface area contributed by atoms with Gasteiger partial charge in [-0.25, -0.2) is 0 Å². The van der Waals surface area contributed by atoms with Crippen LogP contribution in [0.25, 0.3) is 0 Å². The molecule has 0 aliphatic heterocycles. The third kappa shape index (κ3) is 28.6. The molecule has 0 aliphatic carbocycles. The summed E-state index contributed by atoms with van der Waals surface area (Å²) < 4.78 is 0. The molecule has 2 radical (unpaired) electrons. The van der Waals surface area contributed by atoms with Crippen molar-refractivity contribution < 1.29 is 17.1 Å². The molecule has 0 nitrogen and oxygen atoms in total. The van der Waals surface area contributed by atoms with Gasteiger partial charge in [0, 0.05) is 18.9 Å². The molecule has 0 aromatic heterocycles. The molecule has 0 saturated carbocycles. The van der Waals surface area contributed by atoms with Crippen molar-refractivity contribution in [2.24, 2.45) is 0 Å². The van der Waals surface area contributed by atoms with Crippen LogP contribution in [0.3, 0.4) is 0 Å². The average molecular weight is 167 g/mol. The van der Waals surface area contributed by atoms with E-state index in [4.69, 9.17) is 6.42 Å². The first-order valence-electron chi connectivity index (χ1n) is 2.31. The molecule has 0 atom stereocenters. The summed E-state index contributed by atoms with van der Waals surface area (Å²) in [5, 5.41) is 0. The first-order valence-corrected chi connectivity index (χ1v) is 2.31. The minimum absolute atomic E-state index is 0. The van der Waals surface area contributed by atoms with Crippen molar-refractivity contribution in [1.82, 2.24) is 0 Å². The molecule has 0 heterocycles. The van der Waals surface area contributed by atoms with E-state index in [2.05, 4.69) is 12.8 Å². The third-order valence-corrected chi connectivity index (χ3v) is 0.655. The van der Waals surface area contributed by atoms with Gasteiger partial charge in [-0.05, 0) is 12.8 Å². The minimum Gasteiger partial charge on any atom is -0.694 e. The molecule has 0 aromatic rings. The summed E-state index contributed by atoms with van der Waals surface area (Å²) in [4.78, 5) is 0. The van der Waals surface area contributed by atoms with Crippen molar-refractivity contribution in [3.05, 3.63) is 13.9 Å². The molecule has 9 heavy (non-hydrogen) atoms. The van der Waals surface area contributed by atoms with Crippen LogP contribution >= 0.6 is 0 Å². The molecule has 0 aliphatic rings. The van der Waals surface area contributed by atoms with Gasteiger partial charge in [-0.1, -0.05) is 13.3 Å². The number of rotatable bonds is 2. The molecule has 2 heteroatoms. The monoisotopic (exact) mass is 166 g/mol. The Morgan fingerprint density at radius 3 is 2.00 bits per heavy atom. The van der Waals surface area contributed by atoms with Gasteiger partial charge < -0.3 is 19.8 Å². The van der Waals surface area contributed by atoms with Gasteiger partial charge in [0.15, 0.2) is 0 Å². The molecule has 0 unspecified atom stereocenters. The molecular weight excluding hydrogens is 155 g/mol. The van der Waals surface area contributed by atoms with E-state index < -0.39 is 0 Å². The Hall–Kier alpha value is 0.677. The predicted molar refractivity (Wildman–Crippen MR) is 38.8 cm³/mol. The molecular formula is C7H12CuLi. The molecule has 0 spiro atoms. The van der Waals surface area contributed by atoms with Gasteiger partial charge in [0.25, 0.3) is 0 Å². The Morgan fingerprint density at radius 2 is 1.89 bits per heavy atom. The zero-order valence-electron chi connectivity index (χ0n) is 6.42. The van der Waals surface area contributed by atoms with Crippen molar-refractivity contribution in [2.45, 2.75) is 26.2 Å². The maximum Gasteiger partial charge on any atom is 2.00 e. The Balaban J connectivity index is -0.0000000417. The van der Waals surface area contributed by atoms with Crippen LogP contribution in [0.1, 0.15) is 26.2 Å². The molecule has 0 fully saturated rings. The first kappa shape index (κ1) is 22.6.